The zero-order valence-electron chi connectivity index (χ0n) is 14.6. The number of hydrogen-bond donors (Lipinski definition) is 0. The summed E-state index contributed by atoms with van der Waals surface area (Å²) in [5.74, 6) is 0.728. The maximum atomic E-state index is 12.6. The minimum atomic E-state index is -0.310. The molecule has 2 atom stereocenters. The second kappa shape index (κ2) is 9.61. The molecule has 0 spiro atoms. The molecule has 0 saturated heterocycles. The molecule has 3 nitrogen and oxygen atoms in total. The molecule has 24 heavy (non-hydrogen) atoms. The Bertz CT molecular complexity index is 701. The van der Waals surface area contributed by atoms with Gasteiger partial charge < -0.3 is 9.47 Å². The quantitative estimate of drug-likeness (QED) is 0.444. The van der Waals surface area contributed by atoms with E-state index in [1.165, 1.54) is 0 Å². The van der Waals surface area contributed by atoms with E-state index in [0.29, 0.717) is 10.6 Å². The molecule has 1 radical (unpaired) electrons. The van der Waals surface area contributed by atoms with Crippen LogP contribution in [-0.4, -0.2) is 37.8 Å². The monoisotopic (exact) mass is 357 g/mol. The summed E-state index contributed by atoms with van der Waals surface area (Å²) in [7, 11) is 1.62. The van der Waals surface area contributed by atoms with Crippen molar-refractivity contribution in [1.82, 2.24) is 0 Å². The van der Waals surface area contributed by atoms with Gasteiger partial charge in [-0.1, -0.05) is 29.8 Å². The molecule has 0 fully saturated rings. The van der Waals surface area contributed by atoms with Crippen molar-refractivity contribution in [1.29, 1.82) is 0 Å². The average Bonchev–Trinajstić information content (AvgIpc) is 2.49. The molecule has 0 aliphatic rings. The molecule has 2 aromatic rings. The molecule has 0 saturated carbocycles. The van der Waals surface area contributed by atoms with E-state index in [-0.39, 0.29) is 39.3 Å². The second-order valence-corrected chi connectivity index (χ2v) is 6.93. The number of benzene rings is 2. The first-order valence-electron chi connectivity index (χ1n) is 7.29. The maximum absolute atomic E-state index is 12.6. The molecule has 0 aliphatic heterocycles. The van der Waals surface area contributed by atoms with Gasteiger partial charge in [-0.3, -0.25) is 4.79 Å². The zero-order valence-corrected chi connectivity index (χ0v) is 16.4. The zero-order chi connectivity index (χ0) is 17.0. The Morgan fingerprint density at radius 3 is 2.46 bits per heavy atom. The van der Waals surface area contributed by atoms with Crippen LogP contribution >= 0.6 is 20.2 Å². The molecular weight excluding hydrogens is 338 g/mol. The van der Waals surface area contributed by atoms with Gasteiger partial charge >= 0.3 is 0 Å². The van der Waals surface area contributed by atoms with E-state index in [2.05, 4.69) is 0 Å². The number of hydrogen-bond acceptors (Lipinski definition) is 3. The number of rotatable bonds is 6. The third kappa shape index (κ3) is 5.35. The fraction of sp³-hybridized carbons (Fsp3) is 0.278. The predicted molar refractivity (Wildman–Crippen MR) is 103 cm³/mol. The van der Waals surface area contributed by atoms with Crippen molar-refractivity contribution >= 4 is 49.9 Å². The van der Waals surface area contributed by atoms with Gasteiger partial charge in [0.2, 0.25) is 0 Å². The van der Waals surface area contributed by atoms with E-state index in [1.807, 2.05) is 51.1 Å². The van der Waals surface area contributed by atoms with Crippen molar-refractivity contribution in [2.75, 3.05) is 7.11 Å². The molecule has 0 amide bonds. The van der Waals surface area contributed by atoms with Crippen molar-refractivity contribution in [3.8, 4) is 5.75 Å². The molecule has 0 aliphatic carbocycles. The van der Waals surface area contributed by atoms with Crippen LogP contribution in [0.25, 0.3) is 0 Å². The fourth-order valence-electron chi connectivity index (χ4n) is 2.19. The summed E-state index contributed by atoms with van der Waals surface area (Å²) in [5.41, 5.74) is 2.58. The van der Waals surface area contributed by atoms with Crippen molar-refractivity contribution in [3.05, 3.63) is 58.1 Å². The van der Waals surface area contributed by atoms with Gasteiger partial charge in [0.1, 0.15) is 5.75 Å². The van der Waals surface area contributed by atoms with Crippen LogP contribution in [0.15, 0.2) is 36.4 Å². The number of carbonyl (C=O) groups excluding carboxylic acids is 1. The minimum Gasteiger partial charge on any atom is -0.465 e. The average molecular weight is 358 g/mol. The number of carbonyl (C=O) groups is 1. The molecule has 0 heterocycles. The van der Waals surface area contributed by atoms with Gasteiger partial charge in [-0.15, -0.1) is 0 Å². The molecular formula is C18H20ClLiO3P. The van der Waals surface area contributed by atoms with Crippen molar-refractivity contribution in [3.63, 3.8) is 0 Å². The SMILES string of the molecule is COC(C)Oc1ccc(PC(=O)c2c(C)cccc2Cl)c(C)c1.[Li]. The van der Waals surface area contributed by atoms with Crippen molar-refractivity contribution in [2.24, 2.45) is 0 Å². The summed E-state index contributed by atoms with van der Waals surface area (Å²) in [4.78, 5) is 12.6. The summed E-state index contributed by atoms with van der Waals surface area (Å²) in [5, 5.41) is 1.50. The Kier molecular flexibility index (Phi) is 8.50. The third-order valence-corrected chi connectivity index (χ3v) is 5.15. The van der Waals surface area contributed by atoms with E-state index in [9.17, 15) is 4.79 Å². The number of aryl methyl sites for hydroxylation is 2. The molecule has 2 rings (SSSR count). The predicted octanol–water partition coefficient (Wildman–Crippen LogP) is 4.09. The Morgan fingerprint density at radius 2 is 1.88 bits per heavy atom. The number of methoxy groups -OCH3 is 1. The van der Waals surface area contributed by atoms with Crippen LogP contribution in [0.3, 0.4) is 0 Å². The standard InChI is InChI=1S/C18H20ClO3P.Li/c1-11-6-5-7-15(19)17(11)18(20)23-16-9-8-14(10-12(16)2)22-13(3)21-4;/h5-10,13,23H,1-4H3;. The summed E-state index contributed by atoms with van der Waals surface area (Å²) in [6.45, 7) is 5.70. The fourth-order valence-corrected chi connectivity index (χ4v) is 3.72. The Hall–Kier alpha value is -0.813. The molecule has 123 valence electrons. The largest absolute Gasteiger partial charge is 0.465 e. The van der Waals surface area contributed by atoms with Gasteiger partial charge in [0.05, 0.1) is 5.02 Å². The summed E-state index contributed by atoms with van der Waals surface area (Å²) in [6.07, 6.45) is -0.310. The van der Waals surface area contributed by atoms with Crippen LogP contribution in [0.1, 0.15) is 28.4 Å². The van der Waals surface area contributed by atoms with Gasteiger partial charge in [0, 0.05) is 31.5 Å². The van der Waals surface area contributed by atoms with Gasteiger partial charge in [0.15, 0.2) is 11.8 Å². The first kappa shape index (κ1) is 21.2. The molecule has 2 unspecified atom stereocenters. The van der Waals surface area contributed by atoms with Crippen LogP contribution in [0.4, 0.5) is 0 Å². The third-order valence-electron chi connectivity index (χ3n) is 3.53. The number of halogens is 1. The van der Waals surface area contributed by atoms with Crippen LogP contribution in [0.2, 0.25) is 5.02 Å². The second-order valence-electron chi connectivity index (χ2n) is 5.28. The molecule has 0 aromatic heterocycles. The smallest absolute Gasteiger partial charge is 0.196 e. The number of ether oxygens (including phenoxy) is 2. The van der Waals surface area contributed by atoms with E-state index in [4.69, 9.17) is 21.1 Å². The first-order valence-corrected chi connectivity index (χ1v) is 8.66. The van der Waals surface area contributed by atoms with E-state index in [0.717, 1.165) is 22.2 Å². The van der Waals surface area contributed by atoms with Crippen LogP contribution in [-0.2, 0) is 4.74 Å². The molecule has 6 heteroatoms. The van der Waals surface area contributed by atoms with E-state index >= 15 is 0 Å². The van der Waals surface area contributed by atoms with Gasteiger partial charge in [-0.05, 0) is 64.0 Å². The van der Waals surface area contributed by atoms with Crippen molar-refractivity contribution < 1.29 is 14.3 Å². The van der Waals surface area contributed by atoms with Gasteiger partial charge in [-0.25, -0.2) is 0 Å². The summed E-state index contributed by atoms with van der Waals surface area (Å²) in [6, 6.07) is 11.2. The Morgan fingerprint density at radius 1 is 1.17 bits per heavy atom. The summed E-state index contributed by atoms with van der Waals surface area (Å²) >= 11 is 6.18. The molecule has 0 bridgehead atoms. The Labute approximate surface area is 162 Å². The van der Waals surface area contributed by atoms with E-state index in [1.54, 1.807) is 13.2 Å². The van der Waals surface area contributed by atoms with Crippen LogP contribution in [0.5, 0.6) is 5.75 Å². The Balaban J connectivity index is 0.00000288. The van der Waals surface area contributed by atoms with Crippen molar-refractivity contribution in [2.45, 2.75) is 27.1 Å². The molecule has 2 aromatic carbocycles. The normalized spacial score (nSPS) is 12.0. The maximum Gasteiger partial charge on any atom is 0.196 e. The van der Waals surface area contributed by atoms with Gasteiger partial charge in [-0.2, -0.15) is 0 Å². The minimum absolute atomic E-state index is 0. The van der Waals surface area contributed by atoms with Crippen LogP contribution in [0, 0.1) is 13.8 Å². The first-order chi connectivity index (χ1) is 10.9. The van der Waals surface area contributed by atoms with Gasteiger partial charge in [0.25, 0.3) is 0 Å². The topological polar surface area (TPSA) is 35.5 Å². The van der Waals surface area contributed by atoms with Crippen LogP contribution < -0.4 is 10.0 Å². The summed E-state index contributed by atoms with van der Waals surface area (Å²) < 4.78 is 10.7. The van der Waals surface area contributed by atoms with E-state index < -0.39 is 0 Å². The molecule has 0 N–H and O–H groups in total.